The molecule has 2 N–H and O–H groups in total. The van der Waals surface area contributed by atoms with E-state index >= 15 is 0 Å². The van der Waals surface area contributed by atoms with Crippen molar-refractivity contribution in [2.75, 3.05) is 5.73 Å². The van der Waals surface area contributed by atoms with Crippen LogP contribution in [-0.2, 0) is 12.5 Å². The summed E-state index contributed by atoms with van der Waals surface area (Å²) in [6.45, 7) is 6.28. The monoisotopic (exact) mass is 254 g/mol. The molecule has 0 aliphatic heterocycles. The number of nitriles is 1. The molecule has 1 aromatic heterocycles. The normalized spacial score (nSPS) is 11.3. The lowest BCUT2D eigenvalue weighted by Gasteiger charge is -2.17. The Morgan fingerprint density at radius 1 is 1.26 bits per heavy atom. The maximum absolute atomic E-state index is 9.18. The van der Waals surface area contributed by atoms with E-state index in [0.29, 0.717) is 17.1 Å². The minimum absolute atomic E-state index is 0.0945. The first-order chi connectivity index (χ1) is 8.86. The lowest BCUT2D eigenvalue weighted by molar-refractivity contribution is 0.524. The summed E-state index contributed by atoms with van der Waals surface area (Å²) in [4.78, 5) is 4.65. The SMILES string of the molecule is Cn1c(C(C)(C)C)nc(-c2ccccc2C#N)c1N. The molecular weight excluding hydrogens is 236 g/mol. The Morgan fingerprint density at radius 2 is 1.89 bits per heavy atom. The molecule has 0 spiro atoms. The predicted molar refractivity (Wildman–Crippen MR) is 76.5 cm³/mol. The van der Waals surface area contributed by atoms with Crippen molar-refractivity contribution in [3.05, 3.63) is 35.7 Å². The van der Waals surface area contributed by atoms with Gasteiger partial charge in [0.15, 0.2) is 0 Å². The molecule has 0 fully saturated rings. The number of anilines is 1. The fraction of sp³-hybridized carbons (Fsp3) is 0.333. The van der Waals surface area contributed by atoms with E-state index in [2.05, 4.69) is 31.8 Å². The summed E-state index contributed by atoms with van der Waals surface area (Å²) < 4.78 is 1.89. The maximum Gasteiger partial charge on any atom is 0.131 e. The second-order valence-corrected chi connectivity index (χ2v) is 5.64. The zero-order valence-electron chi connectivity index (χ0n) is 11.7. The molecule has 0 unspecified atom stereocenters. The van der Waals surface area contributed by atoms with E-state index in [1.807, 2.05) is 29.8 Å². The molecule has 0 saturated carbocycles. The Morgan fingerprint density at radius 3 is 2.42 bits per heavy atom. The van der Waals surface area contributed by atoms with E-state index in [9.17, 15) is 5.26 Å². The van der Waals surface area contributed by atoms with Gasteiger partial charge in [0, 0.05) is 18.0 Å². The van der Waals surface area contributed by atoms with Crippen LogP contribution in [0.3, 0.4) is 0 Å². The van der Waals surface area contributed by atoms with Crippen molar-refractivity contribution in [3.8, 4) is 17.3 Å². The zero-order chi connectivity index (χ0) is 14.2. The summed E-state index contributed by atoms with van der Waals surface area (Å²) in [7, 11) is 1.90. The molecule has 1 heterocycles. The number of nitrogens with zero attached hydrogens (tertiary/aromatic N) is 3. The molecule has 0 amide bonds. The molecule has 1 aromatic carbocycles. The molecule has 0 atom stereocenters. The molecular formula is C15H18N4. The van der Waals surface area contributed by atoms with Crippen LogP contribution in [0.4, 0.5) is 5.82 Å². The van der Waals surface area contributed by atoms with Crippen LogP contribution >= 0.6 is 0 Å². The summed E-state index contributed by atoms with van der Waals surface area (Å²) in [6, 6.07) is 9.57. The first kappa shape index (κ1) is 13.2. The van der Waals surface area contributed by atoms with Gasteiger partial charge in [-0.2, -0.15) is 5.26 Å². The first-order valence-electron chi connectivity index (χ1n) is 6.18. The smallest absolute Gasteiger partial charge is 0.131 e. The molecule has 0 bridgehead atoms. The van der Waals surface area contributed by atoms with Crippen LogP contribution in [0.25, 0.3) is 11.3 Å². The van der Waals surface area contributed by atoms with Gasteiger partial charge >= 0.3 is 0 Å². The van der Waals surface area contributed by atoms with E-state index in [4.69, 9.17) is 5.73 Å². The van der Waals surface area contributed by atoms with E-state index in [1.54, 1.807) is 6.07 Å². The highest BCUT2D eigenvalue weighted by Gasteiger charge is 2.24. The molecule has 98 valence electrons. The van der Waals surface area contributed by atoms with Gasteiger partial charge in [0.2, 0.25) is 0 Å². The van der Waals surface area contributed by atoms with Gasteiger partial charge in [0.05, 0.1) is 11.6 Å². The molecule has 4 nitrogen and oxygen atoms in total. The molecule has 0 aliphatic rings. The Balaban J connectivity index is 2.69. The minimum Gasteiger partial charge on any atom is -0.383 e. The van der Waals surface area contributed by atoms with Crippen LogP contribution in [0.5, 0.6) is 0 Å². The molecule has 2 rings (SSSR count). The lowest BCUT2D eigenvalue weighted by atomic mass is 9.96. The molecule has 2 aromatic rings. The summed E-state index contributed by atoms with van der Waals surface area (Å²) in [6.07, 6.45) is 0. The second kappa shape index (κ2) is 4.43. The van der Waals surface area contributed by atoms with E-state index < -0.39 is 0 Å². The second-order valence-electron chi connectivity index (χ2n) is 5.64. The first-order valence-corrected chi connectivity index (χ1v) is 6.18. The van der Waals surface area contributed by atoms with Crippen molar-refractivity contribution in [2.24, 2.45) is 7.05 Å². The summed E-state index contributed by atoms with van der Waals surface area (Å²) >= 11 is 0. The molecule has 0 saturated heterocycles. The molecule has 0 aliphatic carbocycles. The third-order valence-corrected chi connectivity index (χ3v) is 3.11. The minimum atomic E-state index is -0.0945. The fourth-order valence-electron chi connectivity index (χ4n) is 2.17. The van der Waals surface area contributed by atoms with Gasteiger partial charge in [-0.05, 0) is 6.07 Å². The predicted octanol–water partition coefficient (Wildman–Crippen LogP) is 2.84. The van der Waals surface area contributed by atoms with Crippen LogP contribution in [0, 0.1) is 11.3 Å². The largest absolute Gasteiger partial charge is 0.383 e. The van der Waals surface area contributed by atoms with E-state index in [1.165, 1.54) is 0 Å². The summed E-state index contributed by atoms with van der Waals surface area (Å²) in [5, 5.41) is 9.18. The van der Waals surface area contributed by atoms with Gasteiger partial charge in [0.1, 0.15) is 17.3 Å². The average molecular weight is 254 g/mol. The van der Waals surface area contributed by atoms with Gasteiger partial charge in [-0.25, -0.2) is 4.98 Å². The third kappa shape index (κ3) is 2.19. The Kier molecular flexibility index (Phi) is 3.07. The van der Waals surface area contributed by atoms with Crippen molar-refractivity contribution < 1.29 is 0 Å². The Bertz CT molecular complexity index is 654. The highest BCUT2D eigenvalue weighted by Crippen LogP contribution is 2.32. The average Bonchev–Trinajstić information content (AvgIpc) is 2.66. The van der Waals surface area contributed by atoms with Crippen molar-refractivity contribution in [1.29, 1.82) is 5.26 Å². The van der Waals surface area contributed by atoms with E-state index in [0.717, 1.165) is 11.4 Å². The topological polar surface area (TPSA) is 67.6 Å². The van der Waals surface area contributed by atoms with Gasteiger partial charge in [-0.15, -0.1) is 0 Å². The summed E-state index contributed by atoms with van der Waals surface area (Å²) in [5.41, 5.74) is 8.11. The van der Waals surface area contributed by atoms with Gasteiger partial charge in [-0.1, -0.05) is 39.0 Å². The summed E-state index contributed by atoms with van der Waals surface area (Å²) in [5.74, 6) is 1.50. The van der Waals surface area contributed by atoms with Crippen molar-refractivity contribution in [2.45, 2.75) is 26.2 Å². The Labute approximate surface area is 113 Å². The number of benzene rings is 1. The standard InChI is InChI=1S/C15H18N4/c1-15(2,3)14-18-12(13(17)19(14)4)11-8-6-5-7-10(11)9-16/h5-8H,17H2,1-4H3. The zero-order valence-corrected chi connectivity index (χ0v) is 11.7. The van der Waals surface area contributed by atoms with Gasteiger partial charge in [0.25, 0.3) is 0 Å². The van der Waals surface area contributed by atoms with Crippen LogP contribution < -0.4 is 5.73 Å². The molecule has 0 radical (unpaired) electrons. The lowest BCUT2D eigenvalue weighted by Crippen LogP contribution is -2.17. The highest BCUT2D eigenvalue weighted by atomic mass is 15.1. The van der Waals surface area contributed by atoms with Crippen molar-refractivity contribution >= 4 is 5.82 Å². The van der Waals surface area contributed by atoms with Crippen LogP contribution in [-0.4, -0.2) is 9.55 Å². The van der Waals surface area contributed by atoms with Crippen molar-refractivity contribution in [3.63, 3.8) is 0 Å². The van der Waals surface area contributed by atoms with Crippen LogP contribution in [0.1, 0.15) is 32.2 Å². The number of hydrogen-bond acceptors (Lipinski definition) is 3. The molecule has 4 heteroatoms. The number of hydrogen-bond donors (Lipinski definition) is 1. The highest BCUT2D eigenvalue weighted by molar-refractivity contribution is 5.76. The van der Waals surface area contributed by atoms with Crippen LogP contribution in [0.2, 0.25) is 0 Å². The molecule has 19 heavy (non-hydrogen) atoms. The number of nitrogen functional groups attached to an aromatic ring is 1. The van der Waals surface area contributed by atoms with Crippen molar-refractivity contribution in [1.82, 2.24) is 9.55 Å². The fourth-order valence-corrected chi connectivity index (χ4v) is 2.17. The third-order valence-electron chi connectivity index (χ3n) is 3.11. The van der Waals surface area contributed by atoms with Crippen LogP contribution in [0.15, 0.2) is 24.3 Å². The van der Waals surface area contributed by atoms with Gasteiger partial charge < -0.3 is 10.3 Å². The quantitative estimate of drug-likeness (QED) is 0.850. The number of aromatic nitrogens is 2. The number of nitrogens with two attached hydrogens (primary N) is 1. The maximum atomic E-state index is 9.18. The Hall–Kier alpha value is -2.28. The van der Waals surface area contributed by atoms with Gasteiger partial charge in [-0.3, -0.25) is 0 Å². The van der Waals surface area contributed by atoms with E-state index in [-0.39, 0.29) is 5.41 Å². The number of imidazole rings is 1. The number of rotatable bonds is 1.